The minimum Gasteiger partial charge on any atom is -0.298 e. The fourth-order valence-corrected chi connectivity index (χ4v) is 4.18. The second-order valence-corrected chi connectivity index (χ2v) is 7.78. The van der Waals surface area contributed by atoms with Crippen LogP contribution >= 0.6 is 11.3 Å². The lowest BCUT2D eigenvalue weighted by atomic mass is 10.0. The Morgan fingerprint density at radius 3 is 2.62 bits per heavy atom. The molecule has 0 spiro atoms. The molecule has 4 aromatic rings. The van der Waals surface area contributed by atoms with Crippen molar-refractivity contribution in [3.8, 4) is 20.9 Å². The second kappa shape index (κ2) is 6.85. The molecule has 0 radical (unpaired) electrons. The lowest BCUT2D eigenvalue weighted by molar-refractivity contribution is 0.112. The molecular weight excluding hydrogens is 338 g/mol. The molecule has 128 valence electrons. The van der Waals surface area contributed by atoms with Crippen LogP contribution in [0.25, 0.3) is 31.8 Å². The number of rotatable bonds is 4. The number of hydrogen-bond acceptors (Lipinski definition) is 3. The molecule has 0 aliphatic carbocycles. The Kier molecular flexibility index (Phi) is 4.39. The van der Waals surface area contributed by atoms with E-state index in [0.717, 1.165) is 22.8 Å². The predicted molar refractivity (Wildman–Crippen MR) is 110 cm³/mol. The molecule has 0 N–H and O–H groups in total. The highest BCUT2D eigenvalue weighted by Gasteiger charge is 2.10. The first-order valence-corrected chi connectivity index (χ1v) is 9.52. The van der Waals surface area contributed by atoms with Crippen molar-refractivity contribution in [2.45, 2.75) is 19.8 Å². The van der Waals surface area contributed by atoms with E-state index in [1.165, 1.54) is 20.9 Å². The maximum absolute atomic E-state index is 11.2. The molecule has 2 nitrogen and oxygen atoms in total. The highest BCUT2D eigenvalue weighted by Crippen LogP contribution is 2.38. The highest BCUT2D eigenvalue weighted by atomic mass is 32.1. The van der Waals surface area contributed by atoms with Crippen LogP contribution < -0.4 is 0 Å². The third kappa shape index (κ3) is 3.06. The molecule has 26 heavy (non-hydrogen) atoms. The number of aromatic nitrogens is 1. The Morgan fingerprint density at radius 2 is 1.81 bits per heavy atom. The van der Waals surface area contributed by atoms with E-state index in [-0.39, 0.29) is 0 Å². The highest BCUT2D eigenvalue weighted by molar-refractivity contribution is 7.18. The zero-order valence-corrected chi connectivity index (χ0v) is 15.6. The van der Waals surface area contributed by atoms with Crippen LogP contribution in [-0.2, 0) is 0 Å². The normalized spacial score (nSPS) is 11.2. The average molecular weight is 357 g/mol. The first kappa shape index (κ1) is 16.7. The molecule has 0 atom stereocenters. The molecule has 3 heteroatoms. The van der Waals surface area contributed by atoms with Crippen LogP contribution in [-0.4, -0.2) is 11.3 Å². The van der Waals surface area contributed by atoms with Gasteiger partial charge in [-0.3, -0.25) is 9.78 Å². The van der Waals surface area contributed by atoms with Crippen molar-refractivity contribution in [3.05, 3.63) is 78.0 Å². The topological polar surface area (TPSA) is 30.0 Å². The van der Waals surface area contributed by atoms with Crippen LogP contribution in [0.5, 0.6) is 0 Å². The Hall–Kier alpha value is -2.78. The number of carbonyl (C=O) groups excluding carboxylic acids is 1. The van der Waals surface area contributed by atoms with Gasteiger partial charge in [-0.05, 0) is 53.4 Å². The summed E-state index contributed by atoms with van der Waals surface area (Å²) < 4.78 is 0. The van der Waals surface area contributed by atoms with Gasteiger partial charge < -0.3 is 0 Å². The van der Waals surface area contributed by atoms with E-state index < -0.39 is 0 Å². The molecular formula is C23H19NOS. The van der Waals surface area contributed by atoms with Crippen molar-refractivity contribution in [2.75, 3.05) is 0 Å². The Balaban J connectivity index is 1.80. The van der Waals surface area contributed by atoms with Gasteiger partial charge in [-0.15, -0.1) is 11.3 Å². The zero-order chi connectivity index (χ0) is 18.1. The van der Waals surface area contributed by atoms with E-state index in [0.29, 0.717) is 11.5 Å². The SMILES string of the molecule is CC(C)c1cccc(-c2ccc(-c3ccnc4ccc(C=O)cc34)s2)c1. The summed E-state index contributed by atoms with van der Waals surface area (Å²) in [7, 11) is 0. The summed E-state index contributed by atoms with van der Waals surface area (Å²) in [5, 5.41) is 1.02. The summed E-state index contributed by atoms with van der Waals surface area (Å²) in [4.78, 5) is 18.0. The Labute approximate surface area is 157 Å². The van der Waals surface area contributed by atoms with E-state index in [1.807, 2.05) is 30.5 Å². The van der Waals surface area contributed by atoms with Gasteiger partial charge >= 0.3 is 0 Å². The summed E-state index contributed by atoms with van der Waals surface area (Å²) in [6.45, 7) is 4.43. The number of hydrogen-bond donors (Lipinski definition) is 0. The number of pyridine rings is 1. The molecule has 4 rings (SSSR count). The average Bonchev–Trinajstić information content (AvgIpc) is 3.17. The number of benzene rings is 2. The van der Waals surface area contributed by atoms with Crippen LogP contribution in [0.15, 0.2) is 66.9 Å². The summed E-state index contributed by atoms with van der Waals surface area (Å²) in [6, 6.07) is 20.7. The molecule has 0 bridgehead atoms. The van der Waals surface area contributed by atoms with E-state index in [1.54, 1.807) is 11.3 Å². The van der Waals surface area contributed by atoms with Gasteiger partial charge in [0.15, 0.2) is 0 Å². The lowest BCUT2D eigenvalue weighted by Crippen LogP contribution is -1.86. The Bertz CT molecular complexity index is 1090. The molecule has 0 aliphatic rings. The number of aldehydes is 1. The molecule has 0 amide bonds. The van der Waals surface area contributed by atoms with E-state index in [4.69, 9.17) is 0 Å². The molecule has 2 aromatic carbocycles. The van der Waals surface area contributed by atoms with Crippen molar-refractivity contribution in [3.63, 3.8) is 0 Å². The quantitative estimate of drug-likeness (QED) is 0.387. The predicted octanol–water partition coefficient (Wildman–Crippen LogP) is 6.57. The van der Waals surface area contributed by atoms with Gasteiger partial charge in [0, 0.05) is 32.5 Å². The summed E-state index contributed by atoms with van der Waals surface area (Å²) in [5.74, 6) is 0.514. The van der Waals surface area contributed by atoms with Crippen molar-refractivity contribution in [2.24, 2.45) is 0 Å². The first-order chi connectivity index (χ1) is 12.7. The van der Waals surface area contributed by atoms with Crippen molar-refractivity contribution >= 4 is 28.5 Å². The van der Waals surface area contributed by atoms with Crippen LogP contribution in [0, 0.1) is 0 Å². The van der Waals surface area contributed by atoms with Crippen LogP contribution in [0.1, 0.15) is 35.7 Å². The molecule has 0 aliphatic heterocycles. The second-order valence-electron chi connectivity index (χ2n) is 6.70. The molecule has 0 saturated heterocycles. The third-order valence-corrected chi connectivity index (χ3v) is 5.78. The molecule has 0 fully saturated rings. The van der Waals surface area contributed by atoms with Crippen LogP contribution in [0.4, 0.5) is 0 Å². The monoisotopic (exact) mass is 357 g/mol. The minimum atomic E-state index is 0.514. The van der Waals surface area contributed by atoms with Crippen molar-refractivity contribution in [1.82, 2.24) is 4.98 Å². The van der Waals surface area contributed by atoms with Gasteiger partial charge in [-0.25, -0.2) is 0 Å². The van der Waals surface area contributed by atoms with Crippen molar-refractivity contribution < 1.29 is 4.79 Å². The lowest BCUT2D eigenvalue weighted by Gasteiger charge is -2.07. The molecule has 2 aromatic heterocycles. The van der Waals surface area contributed by atoms with E-state index >= 15 is 0 Å². The van der Waals surface area contributed by atoms with Gasteiger partial charge in [0.1, 0.15) is 6.29 Å². The standard InChI is InChI=1S/C23H19NOS/c1-15(2)17-4-3-5-18(13-17)22-8-9-23(26-22)19-10-11-24-21-7-6-16(14-25)12-20(19)21/h3-15H,1-2H3. The Morgan fingerprint density at radius 1 is 0.962 bits per heavy atom. The summed E-state index contributed by atoms with van der Waals surface area (Å²) >= 11 is 1.77. The largest absolute Gasteiger partial charge is 0.298 e. The van der Waals surface area contributed by atoms with Crippen LogP contribution in [0.3, 0.4) is 0 Å². The maximum atomic E-state index is 11.2. The minimum absolute atomic E-state index is 0.514. The molecule has 0 saturated carbocycles. The summed E-state index contributed by atoms with van der Waals surface area (Å²) in [6.07, 6.45) is 2.71. The van der Waals surface area contributed by atoms with Gasteiger partial charge in [-0.2, -0.15) is 0 Å². The third-order valence-electron chi connectivity index (χ3n) is 4.61. The first-order valence-electron chi connectivity index (χ1n) is 8.70. The maximum Gasteiger partial charge on any atom is 0.150 e. The van der Waals surface area contributed by atoms with Gasteiger partial charge in [0.05, 0.1) is 5.52 Å². The van der Waals surface area contributed by atoms with Crippen molar-refractivity contribution in [1.29, 1.82) is 0 Å². The summed E-state index contributed by atoms with van der Waals surface area (Å²) in [5.41, 5.74) is 5.30. The van der Waals surface area contributed by atoms with E-state index in [2.05, 4.69) is 55.2 Å². The number of thiophene rings is 1. The fraction of sp³-hybridized carbons (Fsp3) is 0.130. The number of fused-ring (bicyclic) bond motifs is 1. The number of nitrogens with zero attached hydrogens (tertiary/aromatic N) is 1. The zero-order valence-electron chi connectivity index (χ0n) is 14.8. The smallest absolute Gasteiger partial charge is 0.150 e. The number of carbonyl (C=O) groups is 1. The van der Waals surface area contributed by atoms with Crippen LogP contribution in [0.2, 0.25) is 0 Å². The van der Waals surface area contributed by atoms with Gasteiger partial charge in [0.2, 0.25) is 0 Å². The van der Waals surface area contributed by atoms with Gasteiger partial charge in [0.25, 0.3) is 0 Å². The fourth-order valence-electron chi connectivity index (χ4n) is 3.14. The molecule has 2 heterocycles. The molecule has 0 unspecified atom stereocenters. The van der Waals surface area contributed by atoms with Gasteiger partial charge in [-0.1, -0.05) is 38.1 Å². The van der Waals surface area contributed by atoms with E-state index in [9.17, 15) is 4.79 Å².